The molecular formula is C27H27N3O7S. The Morgan fingerprint density at radius 3 is 2.45 bits per heavy atom. The van der Waals surface area contributed by atoms with Gasteiger partial charge in [0, 0.05) is 30.7 Å². The van der Waals surface area contributed by atoms with E-state index < -0.39 is 15.8 Å². The number of benzene rings is 2. The lowest BCUT2D eigenvalue weighted by atomic mass is 10.1. The van der Waals surface area contributed by atoms with E-state index in [1.165, 1.54) is 6.20 Å². The summed E-state index contributed by atoms with van der Waals surface area (Å²) in [5.74, 6) is 0.470. The number of rotatable bonds is 11. The van der Waals surface area contributed by atoms with Crippen LogP contribution >= 0.6 is 0 Å². The monoisotopic (exact) mass is 537 g/mol. The zero-order valence-electron chi connectivity index (χ0n) is 21.1. The molecule has 4 rings (SSSR count). The first-order valence-corrected chi connectivity index (χ1v) is 13.5. The number of nitrogens with one attached hydrogen (secondary N) is 1. The molecule has 0 fully saturated rings. The van der Waals surface area contributed by atoms with Crippen LogP contribution in [0.15, 0.2) is 78.1 Å². The van der Waals surface area contributed by atoms with Crippen LogP contribution < -0.4 is 9.47 Å². The highest BCUT2D eigenvalue weighted by atomic mass is 32.2. The van der Waals surface area contributed by atoms with Gasteiger partial charge in [0.1, 0.15) is 29.9 Å². The average Bonchev–Trinajstić information content (AvgIpc) is 3.38. The minimum Gasteiger partial charge on any atom is -0.488 e. The molecule has 11 heteroatoms. The number of ether oxygens (including phenoxy) is 4. The molecule has 4 aromatic rings. The topological polar surface area (TPSA) is 130 Å². The number of hydrogen-bond acceptors (Lipinski definition) is 9. The molecule has 1 atom stereocenters. The van der Waals surface area contributed by atoms with Crippen LogP contribution in [0.2, 0.25) is 0 Å². The van der Waals surface area contributed by atoms with Crippen molar-refractivity contribution >= 4 is 15.8 Å². The first-order valence-electron chi connectivity index (χ1n) is 11.6. The normalized spacial score (nSPS) is 12.1. The van der Waals surface area contributed by atoms with E-state index in [9.17, 15) is 13.2 Å². The molecular weight excluding hydrogens is 510 g/mol. The van der Waals surface area contributed by atoms with Gasteiger partial charge in [-0.1, -0.05) is 30.3 Å². The zero-order valence-corrected chi connectivity index (χ0v) is 21.9. The number of methoxy groups -OCH3 is 1. The molecule has 0 unspecified atom stereocenters. The first-order chi connectivity index (χ1) is 18.2. The summed E-state index contributed by atoms with van der Waals surface area (Å²) >= 11 is 0. The fourth-order valence-electron chi connectivity index (χ4n) is 3.51. The standard InChI is InChI=1S/C27H27N3O7S/c1-18(16-34-2)36-21-11-20(12-22(13-21)37-25-14-29-26(15-28-25)38(3,32)33)23-9-10-24(30-23)27(31)35-17-19-7-5-4-6-8-19/h4-15,18,30H,16-17H2,1-3H3/t18-/m0/s1. The third kappa shape index (κ3) is 7.17. The van der Waals surface area contributed by atoms with Gasteiger partial charge < -0.3 is 23.9 Å². The van der Waals surface area contributed by atoms with Crippen LogP contribution in [0, 0.1) is 0 Å². The highest BCUT2D eigenvalue weighted by Gasteiger charge is 2.15. The Labute approximate surface area is 220 Å². The molecule has 0 amide bonds. The number of nitrogens with zero attached hydrogens (tertiary/aromatic N) is 2. The van der Waals surface area contributed by atoms with Crippen molar-refractivity contribution in [1.29, 1.82) is 0 Å². The van der Waals surface area contributed by atoms with Crippen molar-refractivity contribution in [3.63, 3.8) is 0 Å². The molecule has 2 heterocycles. The number of carbonyl (C=O) groups excluding carboxylic acids is 1. The molecule has 0 bridgehead atoms. The molecule has 0 aliphatic heterocycles. The van der Waals surface area contributed by atoms with Gasteiger partial charge in [-0.3, -0.25) is 0 Å². The molecule has 0 spiro atoms. The third-order valence-corrected chi connectivity index (χ3v) is 6.23. The largest absolute Gasteiger partial charge is 0.488 e. The van der Waals surface area contributed by atoms with E-state index in [0.717, 1.165) is 18.0 Å². The van der Waals surface area contributed by atoms with Gasteiger partial charge >= 0.3 is 5.97 Å². The summed E-state index contributed by atoms with van der Waals surface area (Å²) in [5.41, 5.74) is 2.48. The summed E-state index contributed by atoms with van der Waals surface area (Å²) in [5, 5.41) is -0.158. The summed E-state index contributed by atoms with van der Waals surface area (Å²) in [7, 11) is -1.90. The Kier molecular flexibility index (Phi) is 8.39. The molecule has 0 radical (unpaired) electrons. The van der Waals surface area contributed by atoms with Gasteiger partial charge in [0.25, 0.3) is 0 Å². The second-order valence-corrected chi connectivity index (χ2v) is 10.5. The Morgan fingerprint density at radius 2 is 1.76 bits per heavy atom. The Balaban J connectivity index is 1.57. The predicted molar refractivity (Wildman–Crippen MR) is 139 cm³/mol. The minimum absolute atomic E-state index is 0.0992. The van der Waals surface area contributed by atoms with Gasteiger partial charge in [0.2, 0.25) is 5.88 Å². The maximum Gasteiger partial charge on any atom is 0.355 e. The summed E-state index contributed by atoms with van der Waals surface area (Å²) in [6.45, 7) is 2.40. The van der Waals surface area contributed by atoms with E-state index in [-0.39, 0.29) is 23.6 Å². The van der Waals surface area contributed by atoms with Crippen LogP contribution in [-0.2, 0) is 25.9 Å². The fraction of sp³-hybridized carbons (Fsp3) is 0.222. The van der Waals surface area contributed by atoms with Crippen LogP contribution in [0.1, 0.15) is 23.0 Å². The number of sulfone groups is 1. The Morgan fingerprint density at radius 1 is 1.00 bits per heavy atom. The summed E-state index contributed by atoms with van der Waals surface area (Å²) in [6, 6.07) is 18.0. The molecule has 1 N–H and O–H groups in total. The second-order valence-electron chi connectivity index (χ2n) is 8.49. The summed E-state index contributed by atoms with van der Waals surface area (Å²) in [6.07, 6.45) is 3.16. The van der Waals surface area contributed by atoms with Gasteiger partial charge in [-0.2, -0.15) is 0 Å². The van der Waals surface area contributed by atoms with Crippen molar-refractivity contribution in [2.75, 3.05) is 20.0 Å². The van der Waals surface area contributed by atoms with Gasteiger partial charge in [-0.05, 0) is 36.8 Å². The van der Waals surface area contributed by atoms with Crippen molar-refractivity contribution in [3.8, 4) is 28.6 Å². The van der Waals surface area contributed by atoms with Crippen LogP contribution in [-0.4, -0.2) is 55.4 Å². The van der Waals surface area contributed by atoms with E-state index in [1.807, 2.05) is 37.3 Å². The van der Waals surface area contributed by atoms with Crippen molar-refractivity contribution in [1.82, 2.24) is 15.0 Å². The van der Waals surface area contributed by atoms with Crippen molar-refractivity contribution in [2.45, 2.75) is 24.7 Å². The highest BCUT2D eigenvalue weighted by molar-refractivity contribution is 7.90. The van der Waals surface area contributed by atoms with Crippen molar-refractivity contribution in [3.05, 3.63) is 84.3 Å². The third-order valence-electron chi connectivity index (χ3n) is 5.26. The second kappa shape index (κ2) is 11.9. The first kappa shape index (κ1) is 26.8. The number of aromatic nitrogens is 3. The van der Waals surface area contributed by atoms with Crippen LogP contribution in [0.25, 0.3) is 11.3 Å². The quantitative estimate of drug-likeness (QED) is 0.276. The minimum atomic E-state index is -3.49. The molecule has 0 aliphatic rings. The van der Waals surface area contributed by atoms with E-state index in [0.29, 0.717) is 35.1 Å². The van der Waals surface area contributed by atoms with E-state index in [1.54, 1.807) is 37.4 Å². The van der Waals surface area contributed by atoms with Gasteiger partial charge in [0.05, 0.1) is 19.0 Å². The summed E-state index contributed by atoms with van der Waals surface area (Å²) in [4.78, 5) is 23.6. The lowest BCUT2D eigenvalue weighted by molar-refractivity contribution is 0.0466. The van der Waals surface area contributed by atoms with Crippen molar-refractivity contribution < 1.29 is 32.2 Å². The maximum absolute atomic E-state index is 12.6. The van der Waals surface area contributed by atoms with Crippen LogP contribution in [0.4, 0.5) is 0 Å². The number of esters is 1. The van der Waals surface area contributed by atoms with E-state index in [2.05, 4.69) is 15.0 Å². The fourth-order valence-corrected chi connectivity index (χ4v) is 4.00. The number of H-pyrrole nitrogens is 1. The lowest BCUT2D eigenvalue weighted by Gasteiger charge is -2.16. The predicted octanol–water partition coefficient (Wildman–Crippen LogP) is 4.44. The van der Waals surface area contributed by atoms with Gasteiger partial charge in [-0.15, -0.1) is 0 Å². The Hall–Kier alpha value is -4.22. The molecule has 0 saturated carbocycles. The van der Waals surface area contributed by atoms with Crippen LogP contribution in [0.5, 0.6) is 17.4 Å². The van der Waals surface area contributed by atoms with E-state index >= 15 is 0 Å². The van der Waals surface area contributed by atoms with Crippen LogP contribution in [0.3, 0.4) is 0 Å². The molecule has 198 valence electrons. The molecule has 0 aliphatic carbocycles. The van der Waals surface area contributed by atoms with Crippen molar-refractivity contribution in [2.24, 2.45) is 0 Å². The van der Waals surface area contributed by atoms with Gasteiger partial charge in [0.15, 0.2) is 14.9 Å². The van der Waals surface area contributed by atoms with Gasteiger partial charge in [-0.25, -0.2) is 23.2 Å². The molecule has 38 heavy (non-hydrogen) atoms. The zero-order chi connectivity index (χ0) is 27.1. The number of hydrogen-bond donors (Lipinski definition) is 1. The number of carbonyl (C=O) groups is 1. The van der Waals surface area contributed by atoms with E-state index in [4.69, 9.17) is 18.9 Å². The molecule has 0 saturated heterocycles. The average molecular weight is 538 g/mol. The maximum atomic E-state index is 12.6. The molecule has 2 aromatic heterocycles. The lowest BCUT2D eigenvalue weighted by Crippen LogP contribution is -2.17. The SMILES string of the molecule is COC[C@H](C)Oc1cc(Oc2cnc(S(C)(=O)=O)cn2)cc(-c2ccc(C(=O)OCc3ccccc3)[nH]2)c1. The molecule has 2 aromatic carbocycles. The highest BCUT2D eigenvalue weighted by Crippen LogP contribution is 2.32. The molecule has 10 nitrogen and oxygen atoms in total. The summed E-state index contributed by atoms with van der Waals surface area (Å²) < 4.78 is 45.7. The Bertz CT molecular complexity index is 1490. The number of aromatic amines is 1. The smallest absolute Gasteiger partial charge is 0.355 e.